The van der Waals surface area contributed by atoms with Crippen LogP contribution >= 0.6 is 0 Å². The summed E-state index contributed by atoms with van der Waals surface area (Å²) in [6.07, 6.45) is 0.0116. The Morgan fingerprint density at radius 3 is 2.33 bits per heavy atom. The van der Waals surface area contributed by atoms with E-state index in [9.17, 15) is 4.79 Å². The van der Waals surface area contributed by atoms with Crippen LogP contribution in [-0.2, 0) is 24.4 Å². The van der Waals surface area contributed by atoms with Crippen LogP contribution < -0.4 is 10.1 Å². The van der Waals surface area contributed by atoms with Crippen molar-refractivity contribution in [1.29, 1.82) is 0 Å². The number of aliphatic carboxylic acids is 1. The van der Waals surface area contributed by atoms with Gasteiger partial charge >= 0.3 is 5.97 Å². The van der Waals surface area contributed by atoms with Gasteiger partial charge in [0.05, 0.1) is 6.42 Å². The SMILES string of the molecule is CNCc1ccccc1OCc1ccccc1CC(=O)O. The molecule has 0 unspecified atom stereocenters. The van der Waals surface area contributed by atoms with Gasteiger partial charge in [0, 0.05) is 12.1 Å². The lowest BCUT2D eigenvalue weighted by Gasteiger charge is -2.13. The molecule has 0 atom stereocenters. The zero-order chi connectivity index (χ0) is 15.1. The molecule has 4 nitrogen and oxygen atoms in total. The second-order valence-electron chi connectivity index (χ2n) is 4.77. The van der Waals surface area contributed by atoms with E-state index in [2.05, 4.69) is 5.32 Å². The molecule has 0 aliphatic carbocycles. The molecule has 0 saturated heterocycles. The molecule has 0 aliphatic heterocycles. The number of nitrogens with one attached hydrogen (secondary N) is 1. The Labute approximate surface area is 124 Å². The van der Waals surface area contributed by atoms with Crippen molar-refractivity contribution in [1.82, 2.24) is 5.32 Å². The highest BCUT2D eigenvalue weighted by molar-refractivity contribution is 5.70. The van der Waals surface area contributed by atoms with E-state index in [-0.39, 0.29) is 6.42 Å². The molecule has 2 N–H and O–H groups in total. The summed E-state index contributed by atoms with van der Waals surface area (Å²) in [5.41, 5.74) is 2.77. The van der Waals surface area contributed by atoms with Crippen molar-refractivity contribution in [3.05, 3.63) is 65.2 Å². The number of carboxylic acids is 1. The number of hydrogen-bond donors (Lipinski definition) is 2. The van der Waals surface area contributed by atoms with Crippen molar-refractivity contribution in [3.63, 3.8) is 0 Å². The van der Waals surface area contributed by atoms with E-state index in [1.807, 2.05) is 55.6 Å². The molecule has 0 saturated carbocycles. The van der Waals surface area contributed by atoms with E-state index in [1.165, 1.54) is 0 Å². The lowest BCUT2D eigenvalue weighted by molar-refractivity contribution is -0.136. The number of carboxylic acid groups (broad SMARTS) is 1. The predicted molar refractivity (Wildman–Crippen MR) is 81.3 cm³/mol. The first-order valence-corrected chi connectivity index (χ1v) is 6.84. The molecule has 2 aromatic rings. The monoisotopic (exact) mass is 285 g/mol. The Kier molecular flexibility index (Phi) is 5.35. The Morgan fingerprint density at radius 1 is 1.05 bits per heavy atom. The van der Waals surface area contributed by atoms with Gasteiger partial charge in [0.15, 0.2) is 0 Å². The quantitative estimate of drug-likeness (QED) is 0.821. The highest BCUT2D eigenvalue weighted by Gasteiger charge is 2.08. The normalized spacial score (nSPS) is 10.3. The Morgan fingerprint density at radius 2 is 1.67 bits per heavy atom. The zero-order valence-electron chi connectivity index (χ0n) is 12.0. The van der Waals surface area contributed by atoms with Crippen LogP contribution in [0.5, 0.6) is 5.75 Å². The molecule has 0 spiro atoms. The molecule has 0 amide bonds. The highest BCUT2D eigenvalue weighted by Crippen LogP contribution is 2.20. The molecule has 0 radical (unpaired) electrons. The van der Waals surface area contributed by atoms with E-state index >= 15 is 0 Å². The largest absolute Gasteiger partial charge is 0.489 e. The second-order valence-corrected chi connectivity index (χ2v) is 4.77. The Bertz CT molecular complexity index is 610. The van der Waals surface area contributed by atoms with Crippen molar-refractivity contribution in [2.24, 2.45) is 0 Å². The van der Waals surface area contributed by atoms with Crippen molar-refractivity contribution < 1.29 is 14.6 Å². The van der Waals surface area contributed by atoms with Crippen molar-refractivity contribution in [2.75, 3.05) is 7.05 Å². The zero-order valence-corrected chi connectivity index (χ0v) is 12.0. The van der Waals surface area contributed by atoms with Crippen LogP contribution in [0.2, 0.25) is 0 Å². The van der Waals surface area contributed by atoms with E-state index in [0.717, 1.165) is 29.0 Å². The average Bonchev–Trinajstić information content (AvgIpc) is 2.47. The van der Waals surface area contributed by atoms with Crippen LogP contribution in [0.15, 0.2) is 48.5 Å². The third-order valence-electron chi connectivity index (χ3n) is 3.18. The van der Waals surface area contributed by atoms with E-state index in [4.69, 9.17) is 9.84 Å². The summed E-state index contributed by atoms with van der Waals surface area (Å²) in [6, 6.07) is 15.3. The highest BCUT2D eigenvalue weighted by atomic mass is 16.5. The third kappa shape index (κ3) is 4.33. The predicted octanol–water partition coefficient (Wildman–Crippen LogP) is 2.61. The van der Waals surface area contributed by atoms with Crippen molar-refractivity contribution in [3.8, 4) is 5.75 Å². The molecule has 4 heteroatoms. The van der Waals surface area contributed by atoms with Crippen molar-refractivity contribution in [2.45, 2.75) is 19.6 Å². The van der Waals surface area contributed by atoms with Gasteiger partial charge in [0.25, 0.3) is 0 Å². The lowest BCUT2D eigenvalue weighted by atomic mass is 10.1. The maximum atomic E-state index is 10.9. The number of hydrogen-bond acceptors (Lipinski definition) is 3. The first-order chi connectivity index (χ1) is 10.2. The summed E-state index contributed by atoms with van der Waals surface area (Å²) in [7, 11) is 1.89. The van der Waals surface area contributed by atoms with Crippen LogP contribution in [0.1, 0.15) is 16.7 Å². The van der Waals surface area contributed by atoms with Gasteiger partial charge in [-0.25, -0.2) is 0 Å². The van der Waals surface area contributed by atoms with Crippen LogP contribution in [-0.4, -0.2) is 18.1 Å². The molecule has 2 rings (SSSR count). The minimum atomic E-state index is -0.835. The van der Waals surface area contributed by atoms with Gasteiger partial charge in [-0.2, -0.15) is 0 Å². The lowest BCUT2D eigenvalue weighted by Crippen LogP contribution is -2.09. The molecule has 21 heavy (non-hydrogen) atoms. The number of benzene rings is 2. The summed E-state index contributed by atoms with van der Waals surface area (Å²) in [5, 5.41) is 12.0. The molecule has 0 aromatic heterocycles. The molecule has 0 fully saturated rings. The van der Waals surface area contributed by atoms with Gasteiger partial charge in [0.2, 0.25) is 0 Å². The summed E-state index contributed by atoms with van der Waals surface area (Å²) >= 11 is 0. The Hall–Kier alpha value is -2.33. The van der Waals surface area contributed by atoms with Gasteiger partial charge in [-0.1, -0.05) is 42.5 Å². The molecule has 110 valence electrons. The summed E-state index contributed by atoms with van der Waals surface area (Å²) < 4.78 is 5.87. The molecule has 0 heterocycles. The molecule has 0 bridgehead atoms. The second kappa shape index (κ2) is 7.45. The summed E-state index contributed by atoms with van der Waals surface area (Å²) in [4.78, 5) is 10.9. The van der Waals surface area contributed by atoms with Gasteiger partial charge < -0.3 is 15.2 Å². The first kappa shape index (κ1) is 15.1. The Balaban J connectivity index is 2.11. The van der Waals surface area contributed by atoms with Gasteiger partial charge in [-0.15, -0.1) is 0 Å². The van der Waals surface area contributed by atoms with Crippen LogP contribution in [0.25, 0.3) is 0 Å². The van der Waals surface area contributed by atoms with Crippen LogP contribution in [0.4, 0.5) is 0 Å². The fourth-order valence-corrected chi connectivity index (χ4v) is 2.17. The topological polar surface area (TPSA) is 58.6 Å². The summed E-state index contributed by atoms with van der Waals surface area (Å²) in [6.45, 7) is 1.09. The first-order valence-electron chi connectivity index (χ1n) is 6.84. The van der Waals surface area contributed by atoms with E-state index in [1.54, 1.807) is 0 Å². The maximum Gasteiger partial charge on any atom is 0.307 e. The minimum absolute atomic E-state index is 0.0116. The maximum absolute atomic E-state index is 10.9. The summed E-state index contributed by atoms with van der Waals surface area (Å²) in [5.74, 6) is -0.0185. The van der Waals surface area contributed by atoms with Gasteiger partial charge in [0.1, 0.15) is 12.4 Å². The molecular formula is C17H19NO3. The van der Waals surface area contributed by atoms with Crippen molar-refractivity contribution >= 4 is 5.97 Å². The fraction of sp³-hybridized carbons (Fsp3) is 0.235. The number of ether oxygens (including phenoxy) is 1. The van der Waals surface area contributed by atoms with Crippen LogP contribution in [0.3, 0.4) is 0 Å². The number of carbonyl (C=O) groups is 1. The standard InChI is InChI=1S/C17H19NO3/c1-18-11-14-7-4-5-9-16(14)21-12-15-8-3-2-6-13(15)10-17(19)20/h2-9,18H,10-12H2,1H3,(H,19,20). The smallest absolute Gasteiger partial charge is 0.307 e. The van der Waals surface area contributed by atoms with Crippen LogP contribution in [0, 0.1) is 0 Å². The van der Waals surface area contributed by atoms with E-state index in [0.29, 0.717) is 6.61 Å². The number of rotatable bonds is 7. The van der Waals surface area contributed by atoms with Gasteiger partial charge in [-0.05, 0) is 24.2 Å². The fourth-order valence-electron chi connectivity index (χ4n) is 2.17. The van der Waals surface area contributed by atoms with Gasteiger partial charge in [-0.3, -0.25) is 4.79 Å². The molecule has 0 aliphatic rings. The third-order valence-corrected chi connectivity index (χ3v) is 3.18. The minimum Gasteiger partial charge on any atom is -0.489 e. The molecular weight excluding hydrogens is 266 g/mol. The average molecular weight is 285 g/mol. The van der Waals surface area contributed by atoms with E-state index < -0.39 is 5.97 Å². The molecule has 2 aromatic carbocycles. The number of para-hydroxylation sites is 1.